The third-order valence-corrected chi connectivity index (χ3v) is 3.70. The molecule has 27 heavy (non-hydrogen) atoms. The summed E-state index contributed by atoms with van der Waals surface area (Å²) in [4.78, 5) is 22.2. The van der Waals surface area contributed by atoms with Crippen LogP contribution in [-0.2, 0) is 4.79 Å². The summed E-state index contributed by atoms with van der Waals surface area (Å²) in [5, 5.41) is 25.1. The number of hydrogen-bond donors (Lipinski definition) is 2. The molecule has 0 bridgehead atoms. The quantitative estimate of drug-likeness (QED) is 0.408. The van der Waals surface area contributed by atoms with Crippen LogP contribution in [0.4, 0.5) is 5.69 Å². The summed E-state index contributed by atoms with van der Waals surface area (Å²) in [5.41, 5.74) is 1.70. The molecule has 2 N–H and O–H groups in total. The Labute approximate surface area is 163 Å². The maximum atomic E-state index is 11.8. The van der Waals surface area contributed by atoms with Gasteiger partial charge in [-0.25, -0.2) is 5.43 Å². The lowest BCUT2D eigenvalue weighted by atomic mass is 10.1. The molecule has 0 atom stereocenters. The Hall–Kier alpha value is -3.04. The van der Waals surface area contributed by atoms with Crippen LogP contribution in [0.2, 0.25) is 10.0 Å². The second kappa shape index (κ2) is 9.06. The molecule has 0 aliphatic carbocycles. The van der Waals surface area contributed by atoms with Gasteiger partial charge in [0.05, 0.1) is 28.8 Å². The minimum Gasteiger partial charge on any atom is -0.504 e. The van der Waals surface area contributed by atoms with E-state index >= 15 is 0 Å². The number of amides is 1. The molecular formula is C16H13Cl2N3O6. The van der Waals surface area contributed by atoms with Gasteiger partial charge in [-0.15, -0.1) is 0 Å². The molecule has 142 valence electrons. The van der Waals surface area contributed by atoms with E-state index in [1.54, 1.807) is 6.07 Å². The van der Waals surface area contributed by atoms with Gasteiger partial charge in [0.2, 0.25) is 5.75 Å². The summed E-state index contributed by atoms with van der Waals surface area (Å²) < 4.78 is 10.1. The van der Waals surface area contributed by atoms with Crippen LogP contribution in [-0.4, -0.2) is 35.9 Å². The lowest BCUT2D eigenvalue weighted by Crippen LogP contribution is -2.24. The SMILES string of the molecule is COc1c(O)ccc(C=NNC(=O)COc2ccc(Cl)cc2Cl)c1[N+](=O)[O-]. The number of nitro groups is 1. The van der Waals surface area contributed by atoms with Gasteiger partial charge in [0.25, 0.3) is 5.91 Å². The Kier molecular flexibility index (Phi) is 6.80. The van der Waals surface area contributed by atoms with Crippen LogP contribution in [0.1, 0.15) is 5.56 Å². The highest BCUT2D eigenvalue weighted by Gasteiger charge is 2.23. The molecule has 2 aromatic rings. The fourth-order valence-corrected chi connectivity index (χ4v) is 2.47. The Morgan fingerprint density at radius 2 is 2.11 bits per heavy atom. The Morgan fingerprint density at radius 3 is 2.74 bits per heavy atom. The number of nitrogens with one attached hydrogen (secondary N) is 1. The highest BCUT2D eigenvalue weighted by Crippen LogP contribution is 2.37. The van der Waals surface area contributed by atoms with Gasteiger partial charge in [0.1, 0.15) is 5.75 Å². The molecular weight excluding hydrogens is 401 g/mol. The first-order valence-electron chi connectivity index (χ1n) is 7.27. The van der Waals surface area contributed by atoms with Gasteiger partial charge in [0, 0.05) is 5.02 Å². The van der Waals surface area contributed by atoms with Gasteiger partial charge in [-0.3, -0.25) is 14.9 Å². The van der Waals surface area contributed by atoms with Crippen LogP contribution < -0.4 is 14.9 Å². The van der Waals surface area contributed by atoms with Crippen molar-refractivity contribution >= 4 is 41.0 Å². The molecule has 2 rings (SSSR count). The molecule has 0 radical (unpaired) electrons. The minimum absolute atomic E-state index is 0.0246. The van der Waals surface area contributed by atoms with E-state index < -0.39 is 22.3 Å². The van der Waals surface area contributed by atoms with Crippen molar-refractivity contribution in [1.82, 2.24) is 5.43 Å². The van der Waals surface area contributed by atoms with Crippen molar-refractivity contribution in [2.75, 3.05) is 13.7 Å². The molecule has 0 saturated heterocycles. The first-order valence-corrected chi connectivity index (χ1v) is 8.03. The second-order valence-electron chi connectivity index (χ2n) is 4.97. The van der Waals surface area contributed by atoms with E-state index in [1.165, 1.54) is 31.4 Å². The number of rotatable bonds is 7. The molecule has 0 aromatic heterocycles. The van der Waals surface area contributed by atoms with Crippen molar-refractivity contribution in [3.05, 3.63) is 56.1 Å². The van der Waals surface area contributed by atoms with Crippen LogP contribution in [0.15, 0.2) is 35.4 Å². The summed E-state index contributed by atoms with van der Waals surface area (Å²) in [7, 11) is 1.18. The third-order valence-electron chi connectivity index (χ3n) is 3.17. The van der Waals surface area contributed by atoms with Crippen molar-refractivity contribution in [2.45, 2.75) is 0 Å². The fourth-order valence-electron chi connectivity index (χ4n) is 2.01. The number of ether oxygens (including phenoxy) is 2. The maximum absolute atomic E-state index is 11.8. The molecule has 0 unspecified atom stereocenters. The standard InChI is InChI=1S/C16H13Cl2N3O6/c1-26-16-12(22)4-2-9(15(16)21(24)25)7-19-20-14(23)8-27-13-5-3-10(17)6-11(13)18/h2-7,22H,8H2,1H3,(H,20,23). The molecule has 0 fully saturated rings. The first kappa shape index (κ1) is 20.3. The highest BCUT2D eigenvalue weighted by molar-refractivity contribution is 6.35. The van der Waals surface area contributed by atoms with Gasteiger partial charge in [-0.05, 0) is 30.3 Å². The van der Waals surface area contributed by atoms with Crippen molar-refractivity contribution in [2.24, 2.45) is 5.10 Å². The third kappa shape index (κ3) is 5.22. The molecule has 0 spiro atoms. The van der Waals surface area contributed by atoms with E-state index in [-0.39, 0.29) is 28.7 Å². The van der Waals surface area contributed by atoms with E-state index in [9.17, 15) is 20.0 Å². The minimum atomic E-state index is -0.729. The number of carbonyl (C=O) groups is 1. The van der Waals surface area contributed by atoms with Crippen molar-refractivity contribution in [1.29, 1.82) is 0 Å². The predicted molar refractivity (Wildman–Crippen MR) is 99.0 cm³/mol. The largest absolute Gasteiger partial charge is 0.504 e. The fraction of sp³-hybridized carbons (Fsp3) is 0.125. The van der Waals surface area contributed by atoms with E-state index in [4.69, 9.17) is 32.7 Å². The maximum Gasteiger partial charge on any atom is 0.323 e. The van der Waals surface area contributed by atoms with E-state index in [1.807, 2.05) is 0 Å². The number of carbonyl (C=O) groups excluding carboxylic acids is 1. The number of nitrogens with zero attached hydrogens (tertiary/aromatic N) is 2. The van der Waals surface area contributed by atoms with Crippen LogP contribution in [0.25, 0.3) is 0 Å². The van der Waals surface area contributed by atoms with Gasteiger partial charge in [-0.1, -0.05) is 23.2 Å². The number of benzene rings is 2. The van der Waals surface area contributed by atoms with Crippen LogP contribution in [0.5, 0.6) is 17.2 Å². The molecule has 0 aliphatic rings. The van der Waals surface area contributed by atoms with E-state index in [0.717, 1.165) is 6.21 Å². The van der Waals surface area contributed by atoms with E-state index in [0.29, 0.717) is 5.02 Å². The Bertz CT molecular complexity index is 904. The number of hydrogen-bond acceptors (Lipinski definition) is 7. The summed E-state index contributed by atoms with van der Waals surface area (Å²) in [6.07, 6.45) is 1.05. The smallest absolute Gasteiger partial charge is 0.323 e. The molecule has 2 aromatic carbocycles. The molecule has 9 nitrogen and oxygen atoms in total. The number of phenols is 1. The Morgan fingerprint density at radius 1 is 1.37 bits per heavy atom. The van der Waals surface area contributed by atoms with Crippen LogP contribution in [0, 0.1) is 10.1 Å². The average molecular weight is 414 g/mol. The predicted octanol–water partition coefficient (Wildman–Crippen LogP) is 3.14. The monoisotopic (exact) mass is 413 g/mol. The molecule has 0 aliphatic heterocycles. The summed E-state index contributed by atoms with van der Waals surface area (Å²) >= 11 is 11.7. The van der Waals surface area contributed by atoms with Crippen molar-refractivity contribution < 1.29 is 24.3 Å². The number of hydrazone groups is 1. The molecule has 0 saturated carbocycles. The van der Waals surface area contributed by atoms with Gasteiger partial charge in [-0.2, -0.15) is 5.10 Å². The zero-order valence-corrected chi connectivity index (χ0v) is 15.3. The lowest BCUT2D eigenvalue weighted by molar-refractivity contribution is -0.386. The first-order chi connectivity index (χ1) is 12.8. The normalized spacial score (nSPS) is 10.6. The summed E-state index contributed by atoms with van der Waals surface area (Å²) in [6.45, 7) is -0.389. The number of aromatic hydroxyl groups is 1. The molecule has 11 heteroatoms. The Balaban J connectivity index is 2.02. The molecule has 0 heterocycles. The zero-order valence-electron chi connectivity index (χ0n) is 13.8. The second-order valence-corrected chi connectivity index (χ2v) is 5.81. The summed E-state index contributed by atoms with van der Waals surface area (Å²) in [6, 6.07) is 6.99. The molecule has 1 amide bonds. The topological polar surface area (TPSA) is 123 Å². The number of methoxy groups -OCH3 is 1. The number of nitro benzene ring substituents is 1. The van der Waals surface area contributed by atoms with Crippen LogP contribution >= 0.6 is 23.2 Å². The van der Waals surface area contributed by atoms with Gasteiger partial charge >= 0.3 is 5.69 Å². The van der Waals surface area contributed by atoms with Crippen LogP contribution in [0.3, 0.4) is 0 Å². The number of halogens is 2. The van der Waals surface area contributed by atoms with Crippen molar-refractivity contribution in [3.63, 3.8) is 0 Å². The highest BCUT2D eigenvalue weighted by atomic mass is 35.5. The number of phenolic OH excluding ortho intramolecular Hbond substituents is 1. The summed E-state index contributed by atoms with van der Waals surface area (Å²) in [5.74, 6) is -1.06. The van der Waals surface area contributed by atoms with Crippen molar-refractivity contribution in [3.8, 4) is 17.2 Å². The van der Waals surface area contributed by atoms with Gasteiger partial charge in [0.15, 0.2) is 12.4 Å². The average Bonchev–Trinajstić information content (AvgIpc) is 2.61. The zero-order chi connectivity index (χ0) is 20.0. The van der Waals surface area contributed by atoms with E-state index in [2.05, 4.69) is 10.5 Å². The van der Waals surface area contributed by atoms with Gasteiger partial charge < -0.3 is 14.6 Å². The lowest BCUT2D eigenvalue weighted by Gasteiger charge is -2.07.